The number of hydrogen-bond acceptors (Lipinski definition) is 7. The van der Waals surface area contributed by atoms with Gasteiger partial charge in [-0.05, 0) is 81.8 Å². The highest BCUT2D eigenvalue weighted by Gasteiger charge is 2.29. The molecule has 11 nitrogen and oxygen atoms in total. The molecule has 0 heterocycles. The highest BCUT2D eigenvalue weighted by atomic mass is 35.5. The van der Waals surface area contributed by atoms with Crippen molar-refractivity contribution in [3.8, 4) is 5.75 Å². The Morgan fingerprint density at radius 3 is 1.94 bits per heavy atom. The van der Waals surface area contributed by atoms with E-state index in [0.717, 1.165) is 29.7 Å². The molecule has 272 valence electrons. The fourth-order valence-electron chi connectivity index (χ4n) is 4.73. The summed E-state index contributed by atoms with van der Waals surface area (Å²) in [7, 11) is 0. The van der Waals surface area contributed by atoms with Crippen LogP contribution in [0.1, 0.15) is 49.2 Å². The number of amides is 3. The molecule has 50 heavy (non-hydrogen) atoms. The summed E-state index contributed by atoms with van der Waals surface area (Å²) >= 11 is 6.06. The molecule has 0 radical (unpaired) electrons. The molecule has 0 saturated carbocycles. The number of carbonyl (C=O) groups excluding carboxylic acids is 4. The maximum atomic E-state index is 13.4. The van der Waals surface area contributed by atoms with Crippen molar-refractivity contribution < 1.29 is 51.8 Å². The maximum absolute atomic E-state index is 13.4. The number of benzene rings is 3. The first-order valence-corrected chi connectivity index (χ1v) is 16.2. The molecule has 0 aliphatic heterocycles. The molecule has 0 unspecified atom stereocenters. The minimum Gasteiger partial charge on any atom is -0.542 e. The Balaban J connectivity index is 0.00000112. The molecule has 3 amide bonds. The van der Waals surface area contributed by atoms with Gasteiger partial charge >= 0.3 is 18.2 Å². The summed E-state index contributed by atoms with van der Waals surface area (Å²) in [5.74, 6) is -3.65. The molecule has 4 N–H and O–H groups in total. The molecule has 0 spiro atoms. The SMILES string of the molecule is CC[N+](CC)(CCNC(=O)[C@H](Cc1ccc(O)cc1)NC(=O)Nc1ccc(C(=O)OC(C)C)cc1)Cc1ccc(Cl)cc1.O=C([O-])C(F)(F)F. The van der Waals surface area contributed by atoms with Crippen molar-refractivity contribution >= 4 is 41.2 Å². The molecule has 3 aromatic carbocycles. The van der Waals surface area contributed by atoms with Gasteiger partial charge in [-0.1, -0.05) is 35.9 Å². The summed E-state index contributed by atoms with van der Waals surface area (Å²) in [6.45, 7) is 11.6. The number of nitrogens with zero attached hydrogens (tertiary/aromatic N) is 1. The predicted molar refractivity (Wildman–Crippen MR) is 180 cm³/mol. The lowest BCUT2D eigenvalue weighted by Gasteiger charge is -2.37. The summed E-state index contributed by atoms with van der Waals surface area (Å²) in [5, 5.41) is 27.7. The van der Waals surface area contributed by atoms with Crippen LogP contribution in [-0.2, 0) is 27.3 Å². The van der Waals surface area contributed by atoms with E-state index < -0.39 is 30.2 Å². The van der Waals surface area contributed by atoms with Crippen LogP contribution in [0, 0.1) is 0 Å². The zero-order valence-electron chi connectivity index (χ0n) is 28.2. The number of aliphatic carboxylic acids is 1. The van der Waals surface area contributed by atoms with Crippen molar-refractivity contribution in [2.75, 3.05) is 31.5 Å². The monoisotopic (exact) mass is 722 g/mol. The second-order valence-electron chi connectivity index (χ2n) is 11.6. The Kier molecular flexibility index (Phi) is 16.0. The average molecular weight is 723 g/mol. The summed E-state index contributed by atoms with van der Waals surface area (Å²) < 4.78 is 37.5. The van der Waals surface area contributed by atoms with E-state index in [4.69, 9.17) is 26.2 Å². The average Bonchev–Trinajstić information content (AvgIpc) is 3.05. The number of carboxylic acids is 1. The van der Waals surface area contributed by atoms with Gasteiger partial charge in [-0.25, -0.2) is 9.59 Å². The van der Waals surface area contributed by atoms with Crippen LogP contribution in [0.5, 0.6) is 5.75 Å². The smallest absolute Gasteiger partial charge is 0.430 e. The van der Waals surface area contributed by atoms with E-state index in [0.29, 0.717) is 29.4 Å². The quantitative estimate of drug-likeness (QED) is 0.137. The number of quaternary nitrogens is 1. The van der Waals surface area contributed by atoms with Crippen LogP contribution < -0.4 is 21.1 Å². The highest BCUT2D eigenvalue weighted by molar-refractivity contribution is 6.30. The fourth-order valence-corrected chi connectivity index (χ4v) is 4.86. The van der Waals surface area contributed by atoms with E-state index in [1.165, 1.54) is 5.56 Å². The molecule has 3 rings (SSSR count). The van der Waals surface area contributed by atoms with Crippen LogP contribution in [-0.4, -0.2) is 78.0 Å². The van der Waals surface area contributed by atoms with E-state index in [-0.39, 0.29) is 24.2 Å². The maximum Gasteiger partial charge on any atom is 0.430 e. The van der Waals surface area contributed by atoms with Gasteiger partial charge in [0.05, 0.1) is 37.8 Å². The van der Waals surface area contributed by atoms with Crippen molar-refractivity contribution in [1.29, 1.82) is 0 Å². The number of alkyl halides is 3. The van der Waals surface area contributed by atoms with Gasteiger partial charge in [0.25, 0.3) is 0 Å². The Labute approximate surface area is 294 Å². The number of phenols is 1. The third kappa shape index (κ3) is 14.3. The van der Waals surface area contributed by atoms with Gasteiger partial charge in [-0.15, -0.1) is 0 Å². The molecular formula is C35H42ClF3N4O7. The topological polar surface area (TPSA) is 157 Å². The zero-order chi connectivity index (χ0) is 37.5. The Morgan fingerprint density at radius 1 is 0.900 bits per heavy atom. The van der Waals surface area contributed by atoms with Gasteiger partial charge in [0.15, 0.2) is 0 Å². The van der Waals surface area contributed by atoms with Crippen molar-refractivity contribution in [2.24, 2.45) is 0 Å². The number of likely N-dealkylation sites (N-methyl/N-ethyl adjacent to an activating group) is 1. The second-order valence-corrected chi connectivity index (χ2v) is 12.0. The van der Waals surface area contributed by atoms with E-state index in [1.54, 1.807) is 62.4 Å². The molecule has 15 heteroatoms. The number of ether oxygens (including phenoxy) is 1. The summed E-state index contributed by atoms with van der Waals surface area (Å²) in [6.07, 6.45) is -5.21. The molecule has 0 aliphatic carbocycles. The number of nitrogens with one attached hydrogen (secondary N) is 3. The largest absolute Gasteiger partial charge is 0.542 e. The lowest BCUT2D eigenvalue weighted by atomic mass is 10.0. The number of anilines is 1. The lowest BCUT2D eigenvalue weighted by molar-refractivity contribution is -0.936. The van der Waals surface area contributed by atoms with Gasteiger partial charge < -0.3 is 40.2 Å². The number of halogens is 4. The minimum absolute atomic E-state index is 0.116. The molecule has 0 saturated heterocycles. The summed E-state index contributed by atoms with van der Waals surface area (Å²) in [4.78, 5) is 47.2. The van der Waals surface area contributed by atoms with Gasteiger partial charge in [-0.2, -0.15) is 13.2 Å². The Morgan fingerprint density at radius 2 is 1.44 bits per heavy atom. The summed E-state index contributed by atoms with van der Waals surface area (Å²) in [5.41, 5.74) is 2.78. The van der Waals surface area contributed by atoms with Gasteiger partial charge in [0.2, 0.25) is 5.91 Å². The number of carboxylic acid groups (broad SMARTS) is 1. The summed E-state index contributed by atoms with van der Waals surface area (Å²) in [6, 6.07) is 19.2. The molecule has 1 atom stereocenters. The van der Waals surface area contributed by atoms with Crippen molar-refractivity contribution in [3.05, 3.63) is 94.5 Å². The molecule has 0 aliphatic rings. The number of carbonyl (C=O) groups is 4. The van der Waals surface area contributed by atoms with E-state index in [9.17, 15) is 32.7 Å². The standard InChI is InChI=1S/C33H41ClN4O5.C2HF3O2/c1-5-38(6-2,22-25-7-13-27(34)14-8-25)20-19-35-31(40)30(21-24-9-17-29(39)18-10-24)37-33(42)36-28-15-11-26(12-16-28)32(41)43-23(3)4;3-2(4,5)1(6)7/h7-18,23,30H,5-6,19-22H2,1-4H3,(H3-,35,36,37,39,40,41,42);(H,6,7)/t30-;/m0./s1. The van der Waals surface area contributed by atoms with Crippen LogP contribution in [0.25, 0.3) is 0 Å². The van der Waals surface area contributed by atoms with Crippen molar-refractivity contribution in [3.63, 3.8) is 0 Å². The van der Waals surface area contributed by atoms with E-state index in [2.05, 4.69) is 29.8 Å². The lowest BCUT2D eigenvalue weighted by Crippen LogP contribution is -2.54. The van der Waals surface area contributed by atoms with E-state index in [1.807, 2.05) is 24.3 Å². The van der Waals surface area contributed by atoms with Gasteiger partial charge in [0.1, 0.15) is 24.3 Å². The molecule has 0 aromatic heterocycles. The van der Waals surface area contributed by atoms with Crippen LogP contribution in [0.15, 0.2) is 72.8 Å². The fraction of sp³-hybridized carbons (Fsp3) is 0.371. The first-order valence-electron chi connectivity index (χ1n) is 15.8. The van der Waals surface area contributed by atoms with Crippen molar-refractivity contribution in [1.82, 2.24) is 10.6 Å². The first-order chi connectivity index (χ1) is 23.5. The van der Waals surface area contributed by atoms with E-state index >= 15 is 0 Å². The third-order valence-corrected chi connectivity index (χ3v) is 7.86. The van der Waals surface area contributed by atoms with Gasteiger partial charge in [0, 0.05) is 22.7 Å². The predicted octanol–water partition coefficient (Wildman–Crippen LogP) is 4.82. The third-order valence-electron chi connectivity index (χ3n) is 7.61. The van der Waals surface area contributed by atoms with Gasteiger partial charge in [-0.3, -0.25) is 4.79 Å². The number of rotatable bonds is 14. The number of hydrogen-bond donors (Lipinski definition) is 4. The Hall–Kier alpha value is -4.82. The van der Waals surface area contributed by atoms with Crippen LogP contribution in [0.2, 0.25) is 5.02 Å². The van der Waals surface area contributed by atoms with Crippen LogP contribution in [0.4, 0.5) is 23.7 Å². The number of esters is 1. The van der Waals surface area contributed by atoms with Crippen LogP contribution in [0.3, 0.4) is 0 Å². The number of urea groups is 1. The Bertz CT molecular complexity index is 1550. The molecular weight excluding hydrogens is 681 g/mol. The van der Waals surface area contributed by atoms with Crippen LogP contribution >= 0.6 is 11.6 Å². The minimum atomic E-state index is -5.19. The normalized spacial score (nSPS) is 11.9. The molecule has 0 fully saturated rings. The number of aromatic hydroxyl groups is 1. The first kappa shape index (κ1) is 41.4. The highest BCUT2D eigenvalue weighted by Crippen LogP contribution is 2.18. The number of phenolic OH excluding ortho intramolecular Hbond substituents is 1. The molecule has 0 bridgehead atoms. The molecule has 3 aromatic rings. The second kappa shape index (κ2) is 19.4. The van der Waals surface area contributed by atoms with Crippen molar-refractivity contribution in [2.45, 2.75) is 59.0 Å². The zero-order valence-corrected chi connectivity index (χ0v) is 28.9.